The zero-order valence-corrected chi connectivity index (χ0v) is 11.7. The number of benzene rings is 1. The average Bonchev–Trinajstić information content (AvgIpc) is 2.42. The Hall–Kier alpha value is -1.09. The number of nitrogens with one attached hydrogen (secondary N) is 1. The van der Waals surface area contributed by atoms with Crippen LogP contribution in [0.3, 0.4) is 0 Å². The highest BCUT2D eigenvalue weighted by molar-refractivity contribution is 6.18. The Labute approximate surface area is 118 Å². The first-order valence-corrected chi connectivity index (χ1v) is 7.28. The van der Waals surface area contributed by atoms with Crippen LogP contribution in [0.5, 0.6) is 0 Å². The Morgan fingerprint density at radius 2 is 1.84 bits per heavy atom. The second-order valence-corrected chi connectivity index (χ2v) is 5.59. The Kier molecular flexibility index (Phi) is 4.81. The number of amides is 1. The second kappa shape index (κ2) is 6.38. The van der Waals surface area contributed by atoms with Crippen LogP contribution in [-0.2, 0) is 11.2 Å². The van der Waals surface area contributed by atoms with Crippen molar-refractivity contribution in [2.75, 3.05) is 5.88 Å². The van der Waals surface area contributed by atoms with Gasteiger partial charge < -0.3 is 5.32 Å². The van der Waals surface area contributed by atoms with Gasteiger partial charge in [-0.25, -0.2) is 4.39 Å². The van der Waals surface area contributed by atoms with Gasteiger partial charge in [-0.05, 0) is 30.5 Å². The molecular weight excluding hydrogens is 265 g/mol. The molecule has 1 fully saturated rings. The van der Waals surface area contributed by atoms with Gasteiger partial charge in [0.1, 0.15) is 5.82 Å². The van der Waals surface area contributed by atoms with Gasteiger partial charge in [-0.15, -0.1) is 11.6 Å². The first kappa shape index (κ1) is 14.3. The molecule has 1 aliphatic carbocycles. The van der Waals surface area contributed by atoms with Crippen molar-refractivity contribution in [1.29, 1.82) is 0 Å². The second-order valence-electron chi connectivity index (χ2n) is 5.33. The molecule has 1 aromatic carbocycles. The monoisotopic (exact) mass is 283 g/mol. The fourth-order valence-corrected chi connectivity index (χ4v) is 2.98. The smallest absolute Gasteiger partial charge is 0.224 e. The van der Waals surface area contributed by atoms with Crippen LogP contribution in [0.25, 0.3) is 0 Å². The van der Waals surface area contributed by atoms with Gasteiger partial charge >= 0.3 is 0 Å². The van der Waals surface area contributed by atoms with Gasteiger partial charge in [-0.3, -0.25) is 4.79 Å². The lowest BCUT2D eigenvalue weighted by atomic mass is 9.83. The third kappa shape index (κ3) is 3.93. The maximum Gasteiger partial charge on any atom is 0.224 e. The summed E-state index contributed by atoms with van der Waals surface area (Å²) in [5, 5.41) is 3.08. The molecule has 1 aliphatic rings. The number of hydrogen-bond acceptors (Lipinski definition) is 1. The fraction of sp³-hybridized carbons (Fsp3) is 0.533. The highest BCUT2D eigenvalue weighted by Gasteiger charge is 2.32. The fourth-order valence-electron chi connectivity index (χ4n) is 2.65. The van der Waals surface area contributed by atoms with Crippen molar-refractivity contribution in [2.24, 2.45) is 0 Å². The van der Waals surface area contributed by atoms with E-state index in [4.69, 9.17) is 11.6 Å². The van der Waals surface area contributed by atoms with Gasteiger partial charge in [0.25, 0.3) is 0 Å². The molecule has 4 heteroatoms. The molecule has 1 saturated carbocycles. The lowest BCUT2D eigenvalue weighted by molar-refractivity contribution is -0.122. The van der Waals surface area contributed by atoms with E-state index in [1.807, 2.05) is 0 Å². The summed E-state index contributed by atoms with van der Waals surface area (Å²) in [4.78, 5) is 12.1. The predicted molar refractivity (Wildman–Crippen MR) is 74.8 cm³/mol. The highest BCUT2D eigenvalue weighted by Crippen LogP contribution is 2.29. The number of rotatable bonds is 4. The van der Waals surface area contributed by atoms with E-state index in [2.05, 4.69) is 5.32 Å². The van der Waals surface area contributed by atoms with Gasteiger partial charge in [-0.1, -0.05) is 31.4 Å². The van der Waals surface area contributed by atoms with E-state index in [-0.39, 0.29) is 23.7 Å². The van der Waals surface area contributed by atoms with Crippen LogP contribution < -0.4 is 5.32 Å². The molecule has 0 heterocycles. The molecule has 0 aromatic heterocycles. The molecule has 2 nitrogen and oxygen atoms in total. The van der Waals surface area contributed by atoms with Crippen molar-refractivity contribution in [3.63, 3.8) is 0 Å². The number of hydrogen-bond donors (Lipinski definition) is 1. The summed E-state index contributed by atoms with van der Waals surface area (Å²) in [5.74, 6) is 0.144. The minimum absolute atomic E-state index is 0.0332. The molecule has 1 amide bonds. The summed E-state index contributed by atoms with van der Waals surface area (Å²) in [6.45, 7) is 0. The van der Waals surface area contributed by atoms with Crippen LogP contribution >= 0.6 is 11.6 Å². The largest absolute Gasteiger partial charge is 0.349 e. The zero-order valence-electron chi connectivity index (χ0n) is 10.9. The van der Waals surface area contributed by atoms with Gasteiger partial charge in [0, 0.05) is 5.88 Å². The van der Waals surface area contributed by atoms with E-state index in [0.29, 0.717) is 5.88 Å². The molecule has 0 aliphatic heterocycles. The third-order valence-corrected chi connectivity index (χ3v) is 4.26. The third-order valence-electron chi connectivity index (χ3n) is 3.75. The van der Waals surface area contributed by atoms with Crippen molar-refractivity contribution in [3.05, 3.63) is 35.6 Å². The maximum atomic E-state index is 12.8. The molecule has 1 N–H and O–H groups in total. The van der Waals surface area contributed by atoms with Crippen molar-refractivity contribution in [2.45, 2.75) is 44.1 Å². The first-order valence-electron chi connectivity index (χ1n) is 6.75. The number of carbonyl (C=O) groups is 1. The van der Waals surface area contributed by atoms with E-state index < -0.39 is 0 Å². The molecule has 0 bridgehead atoms. The topological polar surface area (TPSA) is 29.1 Å². The molecule has 2 rings (SSSR count). The Balaban J connectivity index is 1.94. The van der Waals surface area contributed by atoms with Crippen molar-refractivity contribution in [1.82, 2.24) is 5.32 Å². The van der Waals surface area contributed by atoms with Crippen molar-refractivity contribution < 1.29 is 9.18 Å². The Morgan fingerprint density at radius 1 is 1.21 bits per heavy atom. The van der Waals surface area contributed by atoms with Crippen LogP contribution in [0.15, 0.2) is 24.3 Å². The summed E-state index contributed by atoms with van der Waals surface area (Å²) in [5.41, 5.74) is 0.580. The van der Waals surface area contributed by atoms with Crippen LogP contribution in [0.4, 0.5) is 4.39 Å². The molecule has 0 atom stereocenters. The summed E-state index contributed by atoms with van der Waals surface area (Å²) in [6, 6.07) is 6.04. The lowest BCUT2D eigenvalue weighted by Crippen LogP contribution is -2.51. The SMILES string of the molecule is O=C(Cc1ccc(F)cc1)NC1(CCl)CCCCC1. The molecule has 0 radical (unpaired) electrons. The normalized spacial score (nSPS) is 18.0. The van der Waals surface area contributed by atoms with E-state index in [1.54, 1.807) is 12.1 Å². The van der Waals surface area contributed by atoms with Crippen molar-refractivity contribution in [3.8, 4) is 0 Å². The molecule has 0 unspecified atom stereocenters. The van der Waals surface area contributed by atoms with E-state index >= 15 is 0 Å². The van der Waals surface area contributed by atoms with Gasteiger partial charge in [0.15, 0.2) is 0 Å². The van der Waals surface area contributed by atoms with E-state index in [9.17, 15) is 9.18 Å². The average molecular weight is 284 g/mol. The summed E-state index contributed by atoms with van der Waals surface area (Å²) >= 11 is 6.04. The molecule has 0 saturated heterocycles. The maximum absolute atomic E-state index is 12.8. The quantitative estimate of drug-likeness (QED) is 0.843. The predicted octanol–water partition coefficient (Wildman–Crippen LogP) is 3.43. The van der Waals surface area contributed by atoms with Crippen LogP contribution in [-0.4, -0.2) is 17.3 Å². The summed E-state index contributed by atoms with van der Waals surface area (Å²) in [7, 11) is 0. The zero-order chi connectivity index (χ0) is 13.7. The highest BCUT2D eigenvalue weighted by atomic mass is 35.5. The van der Waals surface area contributed by atoms with E-state index in [1.165, 1.54) is 18.6 Å². The minimum Gasteiger partial charge on any atom is -0.349 e. The molecule has 104 valence electrons. The minimum atomic E-state index is -0.284. The summed E-state index contributed by atoms with van der Waals surface area (Å²) in [6.07, 6.45) is 5.62. The van der Waals surface area contributed by atoms with E-state index in [0.717, 1.165) is 31.2 Å². The van der Waals surface area contributed by atoms with Gasteiger partial charge in [0.05, 0.1) is 12.0 Å². The standard InChI is InChI=1S/C15H19ClFNO/c16-11-15(8-2-1-3-9-15)18-14(19)10-12-4-6-13(17)7-5-12/h4-7H,1-3,8-11H2,(H,18,19). The Bertz CT molecular complexity index is 426. The molecule has 19 heavy (non-hydrogen) atoms. The van der Waals surface area contributed by atoms with Crippen LogP contribution in [0, 0.1) is 5.82 Å². The molecule has 1 aromatic rings. The lowest BCUT2D eigenvalue weighted by Gasteiger charge is -2.36. The van der Waals surface area contributed by atoms with Crippen molar-refractivity contribution >= 4 is 17.5 Å². The molecule has 0 spiro atoms. The summed E-state index contributed by atoms with van der Waals surface area (Å²) < 4.78 is 12.8. The van der Waals surface area contributed by atoms with Gasteiger partial charge in [-0.2, -0.15) is 0 Å². The molecular formula is C15H19ClFNO. The Morgan fingerprint density at radius 3 is 2.42 bits per heavy atom. The first-order chi connectivity index (χ1) is 9.13. The van der Waals surface area contributed by atoms with Crippen LogP contribution in [0.1, 0.15) is 37.7 Å². The number of alkyl halides is 1. The number of carbonyl (C=O) groups excluding carboxylic acids is 1. The number of halogens is 2. The van der Waals surface area contributed by atoms with Gasteiger partial charge in [0.2, 0.25) is 5.91 Å². The van der Waals surface area contributed by atoms with Crippen LogP contribution in [0.2, 0.25) is 0 Å².